The molecule has 3 heteroatoms. The second-order valence-corrected chi connectivity index (χ2v) is 3.13. The van der Waals surface area contributed by atoms with E-state index in [1.807, 2.05) is 25.1 Å². The first-order valence-corrected chi connectivity index (χ1v) is 4.14. The average molecular weight is 174 g/mol. The number of rotatable bonds is 1. The van der Waals surface area contributed by atoms with Crippen LogP contribution in [0.2, 0.25) is 0 Å². The van der Waals surface area contributed by atoms with Crippen molar-refractivity contribution in [3.63, 3.8) is 0 Å². The monoisotopic (exact) mass is 174 g/mol. The first-order valence-electron chi connectivity index (χ1n) is 4.14. The molecular formula is C10H10N2O. The maximum atomic E-state index is 11.1. The molecule has 0 atom stereocenters. The second-order valence-electron chi connectivity index (χ2n) is 3.13. The highest BCUT2D eigenvalue weighted by Gasteiger charge is 2.01. The molecule has 0 aliphatic rings. The van der Waals surface area contributed by atoms with E-state index < -0.39 is 0 Å². The minimum atomic E-state index is 0.0649. The normalized spacial score (nSPS) is 10.6. The molecule has 2 rings (SSSR count). The van der Waals surface area contributed by atoms with Gasteiger partial charge < -0.3 is 0 Å². The smallest absolute Gasteiger partial charge is 0.161 e. The Bertz CT molecular complexity index is 471. The Morgan fingerprint density at radius 1 is 1.46 bits per heavy atom. The number of carbonyl (C=O) groups is 1. The highest BCUT2D eigenvalue weighted by Crippen LogP contribution is 2.08. The Labute approximate surface area is 76.0 Å². The standard InChI is InChI=1S/C10H10N2O/c1-7-5-10-4-3-9(8(2)13)6-12(10)11-7/h3-6H,1-2H3. The van der Waals surface area contributed by atoms with Crippen molar-refractivity contribution < 1.29 is 4.79 Å². The number of fused-ring (bicyclic) bond motifs is 1. The summed E-state index contributed by atoms with van der Waals surface area (Å²) >= 11 is 0. The fraction of sp³-hybridized carbons (Fsp3) is 0.200. The number of pyridine rings is 1. The van der Waals surface area contributed by atoms with Crippen LogP contribution in [0, 0.1) is 6.92 Å². The third-order valence-corrected chi connectivity index (χ3v) is 1.99. The lowest BCUT2D eigenvalue weighted by Gasteiger charge is -1.96. The topological polar surface area (TPSA) is 34.4 Å². The molecule has 0 aromatic carbocycles. The lowest BCUT2D eigenvalue weighted by atomic mass is 10.2. The van der Waals surface area contributed by atoms with Gasteiger partial charge in [-0.2, -0.15) is 5.10 Å². The molecule has 66 valence electrons. The van der Waals surface area contributed by atoms with Crippen LogP contribution in [-0.2, 0) is 0 Å². The summed E-state index contributed by atoms with van der Waals surface area (Å²) < 4.78 is 1.73. The van der Waals surface area contributed by atoms with Crippen molar-refractivity contribution >= 4 is 11.3 Å². The molecule has 0 bridgehead atoms. The van der Waals surface area contributed by atoms with Crippen molar-refractivity contribution in [3.8, 4) is 0 Å². The number of aryl methyl sites for hydroxylation is 1. The second kappa shape index (κ2) is 2.69. The van der Waals surface area contributed by atoms with Crippen molar-refractivity contribution in [1.29, 1.82) is 0 Å². The maximum Gasteiger partial charge on any atom is 0.161 e. The molecule has 0 saturated heterocycles. The van der Waals surface area contributed by atoms with E-state index in [0.717, 1.165) is 11.2 Å². The predicted octanol–water partition coefficient (Wildman–Crippen LogP) is 1.85. The van der Waals surface area contributed by atoms with Crippen LogP contribution in [0.15, 0.2) is 24.4 Å². The van der Waals surface area contributed by atoms with Crippen LogP contribution >= 0.6 is 0 Å². The summed E-state index contributed by atoms with van der Waals surface area (Å²) in [7, 11) is 0. The highest BCUT2D eigenvalue weighted by atomic mass is 16.1. The quantitative estimate of drug-likeness (QED) is 0.618. The van der Waals surface area contributed by atoms with Crippen molar-refractivity contribution in [3.05, 3.63) is 35.7 Å². The van der Waals surface area contributed by atoms with Crippen LogP contribution in [0.1, 0.15) is 23.0 Å². The predicted molar refractivity (Wildman–Crippen MR) is 49.9 cm³/mol. The summed E-state index contributed by atoms with van der Waals surface area (Å²) in [5.74, 6) is 0.0649. The highest BCUT2D eigenvalue weighted by molar-refractivity contribution is 5.94. The molecule has 0 unspecified atom stereocenters. The Hall–Kier alpha value is -1.64. The van der Waals surface area contributed by atoms with Crippen LogP contribution in [0.4, 0.5) is 0 Å². The zero-order chi connectivity index (χ0) is 9.42. The van der Waals surface area contributed by atoms with Gasteiger partial charge in [0.15, 0.2) is 5.78 Å². The molecule has 0 radical (unpaired) electrons. The van der Waals surface area contributed by atoms with Crippen molar-refractivity contribution in [2.45, 2.75) is 13.8 Å². The van der Waals surface area contributed by atoms with E-state index in [9.17, 15) is 4.79 Å². The van der Waals surface area contributed by atoms with Crippen LogP contribution in [0.5, 0.6) is 0 Å². The van der Waals surface area contributed by atoms with Crippen LogP contribution in [0.3, 0.4) is 0 Å². The number of nitrogens with zero attached hydrogens (tertiary/aromatic N) is 2. The zero-order valence-electron chi connectivity index (χ0n) is 7.61. The lowest BCUT2D eigenvalue weighted by molar-refractivity contribution is 0.101. The molecular weight excluding hydrogens is 164 g/mol. The van der Waals surface area contributed by atoms with Crippen LogP contribution < -0.4 is 0 Å². The minimum Gasteiger partial charge on any atom is -0.294 e. The number of hydrogen-bond donors (Lipinski definition) is 0. The van der Waals surface area contributed by atoms with Gasteiger partial charge in [0, 0.05) is 11.8 Å². The van der Waals surface area contributed by atoms with Crippen LogP contribution in [0.25, 0.3) is 5.52 Å². The fourth-order valence-electron chi connectivity index (χ4n) is 1.32. The molecule has 2 aromatic rings. The molecule has 3 nitrogen and oxygen atoms in total. The van der Waals surface area contributed by atoms with E-state index in [4.69, 9.17) is 0 Å². The minimum absolute atomic E-state index is 0.0649. The first kappa shape index (κ1) is 7.98. The van der Waals surface area contributed by atoms with E-state index >= 15 is 0 Å². The van der Waals surface area contributed by atoms with Gasteiger partial charge >= 0.3 is 0 Å². The van der Waals surface area contributed by atoms with E-state index in [0.29, 0.717) is 5.56 Å². The fourth-order valence-corrected chi connectivity index (χ4v) is 1.32. The van der Waals surface area contributed by atoms with Gasteiger partial charge in [0.1, 0.15) is 0 Å². The van der Waals surface area contributed by atoms with Crippen molar-refractivity contribution in [2.24, 2.45) is 0 Å². The van der Waals surface area contributed by atoms with Crippen LogP contribution in [-0.4, -0.2) is 15.4 Å². The molecule has 0 N–H and O–H groups in total. The molecule has 13 heavy (non-hydrogen) atoms. The molecule has 0 spiro atoms. The van der Waals surface area contributed by atoms with E-state index in [-0.39, 0.29) is 5.78 Å². The van der Waals surface area contributed by atoms with Gasteiger partial charge in [-0.15, -0.1) is 0 Å². The van der Waals surface area contributed by atoms with Gasteiger partial charge in [0.05, 0.1) is 11.2 Å². The summed E-state index contributed by atoms with van der Waals surface area (Å²) in [5, 5.41) is 4.22. The third-order valence-electron chi connectivity index (χ3n) is 1.99. The largest absolute Gasteiger partial charge is 0.294 e. The Morgan fingerprint density at radius 2 is 2.23 bits per heavy atom. The molecule has 2 heterocycles. The molecule has 0 amide bonds. The summed E-state index contributed by atoms with van der Waals surface area (Å²) in [5.41, 5.74) is 2.67. The van der Waals surface area contributed by atoms with E-state index in [2.05, 4.69) is 5.10 Å². The van der Waals surface area contributed by atoms with Crippen molar-refractivity contribution in [1.82, 2.24) is 9.61 Å². The number of hydrogen-bond acceptors (Lipinski definition) is 2. The summed E-state index contributed by atoms with van der Waals surface area (Å²) in [4.78, 5) is 11.1. The number of Topliss-reactive ketones (excluding diaryl/α,β-unsaturated/α-hetero) is 1. The Morgan fingerprint density at radius 3 is 2.92 bits per heavy atom. The molecule has 0 fully saturated rings. The number of carbonyl (C=O) groups excluding carboxylic acids is 1. The first-order chi connectivity index (χ1) is 6.16. The maximum absolute atomic E-state index is 11.1. The SMILES string of the molecule is CC(=O)c1ccc2cc(C)nn2c1. The molecule has 0 saturated carbocycles. The van der Waals surface area contributed by atoms with E-state index in [1.54, 1.807) is 17.6 Å². The summed E-state index contributed by atoms with van der Waals surface area (Å²) in [6.45, 7) is 3.48. The summed E-state index contributed by atoms with van der Waals surface area (Å²) in [6, 6.07) is 5.69. The van der Waals surface area contributed by atoms with Gasteiger partial charge in [0.2, 0.25) is 0 Å². The van der Waals surface area contributed by atoms with Gasteiger partial charge in [-0.3, -0.25) is 4.79 Å². The molecule has 0 aliphatic heterocycles. The van der Waals surface area contributed by atoms with Crippen molar-refractivity contribution in [2.75, 3.05) is 0 Å². The van der Waals surface area contributed by atoms with Gasteiger partial charge in [-0.25, -0.2) is 4.52 Å². The molecule has 0 aliphatic carbocycles. The van der Waals surface area contributed by atoms with Gasteiger partial charge in [-0.05, 0) is 32.0 Å². The lowest BCUT2D eigenvalue weighted by Crippen LogP contribution is -1.96. The Kier molecular flexibility index (Phi) is 1.65. The average Bonchev–Trinajstić information content (AvgIpc) is 2.42. The molecule has 2 aromatic heterocycles. The summed E-state index contributed by atoms with van der Waals surface area (Å²) in [6.07, 6.45) is 1.75. The van der Waals surface area contributed by atoms with Gasteiger partial charge in [0.25, 0.3) is 0 Å². The zero-order valence-corrected chi connectivity index (χ0v) is 7.61. The number of aromatic nitrogens is 2. The van der Waals surface area contributed by atoms with E-state index in [1.165, 1.54) is 0 Å². The Balaban J connectivity index is 2.67. The number of ketones is 1. The third kappa shape index (κ3) is 1.33. The van der Waals surface area contributed by atoms with Gasteiger partial charge in [-0.1, -0.05) is 0 Å².